The Kier molecular flexibility index (Phi) is 5.72. The van der Waals surface area contributed by atoms with Crippen LogP contribution in [-0.2, 0) is 0 Å². The molecule has 2 rings (SSSR count). The first-order valence-corrected chi connectivity index (χ1v) is 8.13. The van der Waals surface area contributed by atoms with E-state index in [1.54, 1.807) is 17.8 Å². The summed E-state index contributed by atoms with van der Waals surface area (Å²) in [6.45, 7) is 2.12. The lowest BCUT2D eigenvalue weighted by Crippen LogP contribution is -2.01. The van der Waals surface area contributed by atoms with Crippen LogP contribution in [0.1, 0.15) is 30.1 Å². The summed E-state index contributed by atoms with van der Waals surface area (Å²) in [5, 5.41) is 9.18. The second-order valence-corrected chi connectivity index (χ2v) is 5.95. The Morgan fingerprint density at radius 2 is 2.00 bits per heavy atom. The normalized spacial score (nSPS) is 10.4. The zero-order chi connectivity index (χ0) is 15.9. The molecule has 0 saturated carbocycles. The van der Waals surface area contributed by atoms with Gasteiger partial charge in [0.25, 0.3) is 0 Å². The van der Waals surface area contributed by atoms with Crippen LogP contribution in [0.15, 0.2) is 47.4 Å². The fraction of sp³-hybridized carbons (Fsp3) is 0.235. The first-order valence-electron chi connectivity index (χ1n) is 7.14. The summed E-state index contributed by atoms with van der Waals surface area (Å²) in [7, 11) is 0. The van der Waals surface area contributed by atoms with Crippen molar-refractivity contribution < 1.29 is 14.6 Å². The summed E-state index contributed by atoms with van der Waals surface area (Å²) in [5.74, 6) is 1.10. The van der Waals surface area contributed by atoms with E-state index in [-0.39, 0.29) is 5.56 Å². The average Bonchev–Trinajstić information content (AvgIpc) is 2.51. The van der Waals surface area contributed by atoms with Crippen LogP contribution in [0.4, 0.5) is 5.69 Å². The van der Waals surface area contributed by atoms with Crippen molar-refractivity contribution in [1.29, 1.82) is 0 Å². The van der Waals surface area contributed by atoms with Crippen molar-refractivity contribution in [3.63, 3.8) is 0 Å². The third-order valence-electron chi connectivity index (χ3n) is 3.05. The molecule has 0 aliphatic heterocycles. The maximum absolute atomic E-state index is 11.2. The second kappa shape index (κ2) is 7.75. The van der Waals surface area contributed by atoms with Crippen molar-refractivity contribution in [3.8, 4) is 11.5 Å². The standard InChI is InChI=1S/C17H19NO3S/c1-2-3-9-22-15-11-12(17(19)20)10-14(18)16(15)21-13-7-5-4-6-8-13/h4-8,10-11H,2-3,9,18H2,1H3,(H,19,20). The third kappa shape index (κ3) is 4.18. The topological polar surface area (TPSA) is 72.5 Å². The van der Waals surface area contributed by atoms with Gasteiger partial charge in [-0.2, -0.15) is 0 Å². The van der Waals surface area contributed by atoms with Gasteiger partial charge < -0.3 is 15.6 Å². The van der Waals surface area contributed by atoms with Crippen LogP contribution in [0.3, 0.4) is 0 Å². The van der Waals surface area contributed by atoms with Gasteiger partial charge in [-0.05, 0) is 36.4 Å². The SMILES string of the molecule is CCCCSc1cc(C(=O)O)cc(N)c1Oc1ccccc1. The minimum absolute atomic E-state index is 0.178. The predicted octanol–water partition coefficient (Wildman–Crippen LogP) is 4.65. The van der Waals surface area contributed by atoms with Crippen LogP contribution < -0.4 is 10.5 Å². The lowest BCUT2D eigenvalue weighted by Gasteiger charge is -2.14. The number of carbonyl (C=O) groups is 1. The number of benzene rings is 2. The van der Waals surface area contributed by atoms with Crippen LogP contribution in [0.5, 0.6) is 11.5 Å². The molecule has 0 atom stereocenters. The molecule has 0 heterocycles. The summed E-state index contributed by atoms with van der Waals surface area (Å²) in [6.07, 6.45) is 2.13. The highest BCUT2D eigenvalue weighted by atomic mass is 32.2. The highest BCUT2D eigenvalue weighted by molar-refractivity contribution is 7.99. The fourth-order valence-electron chi connectivity index (χ4n) is 1.90. The number of anilines is 1. The molecule has 0 aromatic heterocycles. The molecule has 0 bridgehead atoms. The molecule has 0 aliphatic carbocycles. The van der Waals surface area contributed by atoms with Crippen molar-refractivity contribution in [2.75, 3.05) is 11.5 Å². The number of hydrogen-bond donors (Lipinski definition) is 2. The van der Waals surface area contributed by atoms with E-state index in [2.05, 4.69) is 6.92 Å². The van der Waals surface area contributed by atoms with Gasteiger partial charge in [-0.1, -0.05) is 31.5 Å². The molecule has 116 valence electrons. The molecule has 0 unspecified atom stereocenters. The molecule has 2 aromatic rings. The summed E-state index contributed by atoms with van der Waals surface area (Å²) in [5.41, 5.74) is 6.52. The summed E-state index contributed by atoms with van der Waals surface area (Å²) in [4.78, 5) is 12.0. The van der Waals surface area contributed by atoms with Crippen molar-refractivity contribution in [2.24, 2.45) is 0 Å². The van der Waals surface area contributed by atoms with Gasteiger partial charge in [0.05, 0.1) is 16.1 Å². The number of hydrogen-bond acceptors (Lipinski definition) is 4. The number of rotatable bonds is 7. The van der Waals surface area contributed by atoms with Crippen molar-refractivity contribution in [2.45, 2.75) is 24.7 Å². The molecule has 0 spiro atoms. The Bertz CT molecular complexity index is 644. The van der Waals surface area contributed by atoms with E-state index >= 15 is 0 Å². The first kappa shape index (κ1) is 16.2. The minimum atomic E-state index is -0.990. The second-order valence-electron chi connectivity index (χ2n) is 4.82. The maximum Gasteiger partial charge on any atom is 0.335 e. The molecule has 0 amide bonds. The Balaban J connectivity index is 2.34. The van der Waals surface area contributed by atoms with Gasteiger partial charge in [0, 0.05) is 0 Å². The van der Waals surface area contributed by atoms with E-state index < -0.39 is 5.97 Å². The number of nitrogens with two attached hydrogens (primary N) is 1. The van der Waals surface area contributed by atoms with Crippen molar-refractivity contribution in [3.05, 3.63) is 48.0 Å². The maximum atomic E-state index is 11.2. The number of para-hydroxylation sites is 1. The smallest absolute Gasteiger partial charge is 0.335 e. The van der Waals surface area contributed by atoms with E-state index in [0.717, 1.165) is 23.5 Å². The summed E-state index contributed by atoms with van der Waals surface area (Å²) >= 11 is 1.57. The Labute approximate surface area is 134 Å². The highest BCUT2D eigenvalue weighted by Gasteiger charge is 2.15. The highest BCUT2D eigenvalue weighted by Crippen LogP contribution is 2.39. The van der Waals surface area contributed by atoms with Gasteiger partial charge in [0.15, 0.2) is 5.75 Å². The number of carboxylic acid groups (broad SMARTS) is 1. The lowest BCUT2D eigenvalue weighted by atomic mass is 10.2. The van der Waals surface area contributed by atoms with Crippen molar-refractivity contribution >= 4 is 23.4 Å². The van der Waals surface area contributed by atoms with Gasteiger partial charge in [-0.3, -0.25) is 0 Å². The number of ether oxygens (including phenoxy) is 1. The molecule has 22 heavy (non-hydrogen) atoms. The molecule has 3 N–H and O–H groups in total. The predicted molar refractivity (Wildman–Crippen MR) is 90.0 cm³/mol. The van der Waals surface area contributed by atoms with E-state index in [0.29, 0.717) is 17.2 Å². The molecule has 0 aliphatic rings. The number of unbranched alkanes of at least 4 members (excludes halogenated alkanes) is 1. The average molecular weight is 317 g/mol. The fourth-order valence-corrected chi connectivity index (χ4v) is 3.05. The Morgan fingerprint density at radius 1 is 1.27 bits per heavy atom. The van der Waals surface area contributed by atoms with Crippen molar-refractivity contribution in [1.82, 2.24) is 0 Å². The quantitative estimate of drug-likeness (QED) is 0.442. The zero-order valence-electron chi connectivity index (χ0n) is 12.4. The molecule has 0 fully saturated rings. The minimum Gasteiger partial charge on any atom is -0.478 e. The molecule has 4 nitrogen and oxygen atoms in total. The monoisotopic (exact) mass is 317 g/mol. The molecular formula is C17H19NO3S. The zero-order valence-corrected chi connectivity index (χ0v) is 13.2. The Hall–Kier alpha value is -2.14. The number of nitrogen functional groups attached to an aromatic ring is 1. The molecule has 0 radical (unpaired) electrons. The number of aromatic carboxylic acids is 1. The van der Waals surface area contributed by atoms with E-state index in [1.807, 2.05) is 30.3 Å². The lowest BCUT2D eigenvalue weighted by molar-refractivity contribution is 0.0696. The van der Waals surface area contributed by atoms with Crippen LogP contribution in [0.2, 0.25) is 0 Å². The van der Waals surface area contributed by atoms with Gasteiger partial charge in [-0.15, -0.1) is 11.8 Å². The van der Waals surface area contributed by atoms with Crippen LogP contribution in [0.25, 0.3) is 0 Å². The largest absolute Gasteiger partial charge is 0.478 e. The van der Waals surface area contributed by atoms with Crippen LogP contribution in [-0.4, -0.2) is 16.8 Å². The molecular weight excluding hydrogens is 298 g/mol. The van der Waals surface area contributed by atoms with E-state index in [1.165, 1.54) is 6.07 Å². The van der Waals surface area contributed by atoms with Gasteiger partial charge >= 0.3 is 5.97 Å². The van der Waals surface area contributed by atoms with Gasteiger partial charge in [0.1, 0.15) is 5.75 Å². The summed E-state index contributed by atoms with van der Waals surface area (Å²) in [6, 6.07) is 12.4. The first-order chi connectivity index (χ1) is 10.6. The Morgan fingerprint density at radius 3 is 2.64 bits per heavy atom. The van der Waals surface area contributed by atoms with E-state index in [9.17, 15) is 9.90 Å². The van der Waals surface area contributed by atoms with Gasteiger partial charge in [0.2, 0.25) is 0 Å². The third-order valence-corrected chi connectivity index (χ3v) is 4.16. The number of thioether (sulfide) groups is 1. The van der Waals surface area contributed by atoms with E-state index in [4.69, 9.17) is 10.5 Å². The van der Waals surface area contributed by atoms with Crippen LogP contribution in [0, 0.1) is 0 Å². The van der Waals surface area contributed by atoms with Gasteiger partial charge in [-0.25, -0.2) is 4.79 Å². The molecule has 5 heteroatoms. The molecule has 0 saturated heterocycles. The number of carboxylic acids is 1. The van der Waals surface area contributed by atoms with Crippen LogP contribution >= 0.6 is 11.8 Å². The molecule has 2 aromatic carbocycles. The summed E-state index contributed by atoms with van der Waals surface area (Å²) < 4.78 is 5.87.